The molecule has 162 valence electrons. The first kappa shape index (κ1) is 20.0. The molecule has 3 aromatic rings. The summed E-state index contributed by atoms with van der Waals surface area (Å²) < 4.78 is 38.2. The summed E-state index contributed by atoms with van der Waals surface area (Å²) >= 11 is 1.42. The van der Waals surface area contributed by atoms with E-state index in [1.807, 2.05) is 4.90 Å². The third-order valence-corrected chi connectivity index (χ3v) is 6.77. The number of piperidine rings is 1. The molecule has 3 aromatic heterocycles. The van der Waals surface area contributed by atoms with Crippen LogP contribution in [0.4, 0.5) is 24.8 Å². The molecule has 0 unspecified atom stereocenters. The maximum Gasteiger partial charge on any atom is 0.435 e. The van der Waals surface area contributed by atoms with Crippen molar-refractivity contribution >= 4 is 23.0 Å². The van der Waals surface area contributed by atoms with Crippen molar-refractivity contribution in [3.8, 4) is 10.7 Å². The molecule has 0 aliphatic carbocycles. The van der Waals surface area contributed by atoms with E-state index >= 15 is 0 Å². The van der Waals surface area contributed by atoms with Crippen LogP contribution in [0.1, 0.15) is 25.0 Å². The second-order valence-electron chi connectivity index (χ2n) is 7.94. The predicted octanol–water partition coefficient (Wildman–Crippen LogP) is 3.30. The van der Waals surface area contributed by atoms with Crippen LogP contribution in [0.25, 0.3) is 10.7 Å². The summed E-state index contributed by atoms with van der Waals surface area (Å²) in [7, 11) is 0. The molecule has 0 atom stereocenters. The lowest BCUT2D eigenvalue weighted by atomic mass is 9.78. The van der Waals surface area contributed by atoms with Gasteiger partial charge in [-0.2, -0.15) is 13.2 Å². The van der Waals surface area contributed by atoms with Crippen molar-refractivity contribution in [1.29, 1.82) is 0 Å². The molecule has 2 aliphatic heterocycles. The second kappa shape index (κ2) is 7.66. The average Bonchev–Trinajstić information content (AvgIpc) is 3.45. The van der Waals surface area contributed by atoms with E-state index in [0.29, 0.717) is 11.5 Å². The SMILES string of the molecule is FC(F)(F)c1ccc(N2CCC3(CCN(c4cncc(-c5nncs5)n4)CC3)C2)nn1. The predicted molar refractivity (Wildman–Crippen MR) is 109 cm³/mol. The maximum atomic E-state index is 12.7. The molecule has 0 N–H and O–H groups in total. The van der Waals surface area contributed by atoms with Gasteiger partial charge in [-0.3, -0.25) is 4.98 Å². The highest BCUT2D eigenvalue weighted by atomic mass is 32.1. The Kier molecular flexibility index (Phi) is 4.95. The number of nitrogens with zero attached hydrogens (tertiary/aromatic N) is 8. The molecule has 2 aliphatic rings. The Bertz CT molecular complexity index is 1030. The van der Waals surface area contributed by atoms with Crippen LogP contribution in [0.3, 0.4) is 0 Å². The molecule has 0 radical (unpaired) electrons. The lowest BCUT2D eigenvalue weighted by molar-refractivity contribution is -0.141. The van der Waals surface area contributed by atoms with Gasteiger partial charge in [-0.15, -0.1) is 20.4 Å². The molecule has 5 rings (SSSR count). The third kappa shape index (κ3) is 4.03. The Hall–Kier alpha value is -2.89. The van der Waals surface area contributed by atoms with E-state index in [4.69, 9.17) is 4.98 Å². The third-order valence-electron chi connectivity index (χ3n) is 6.05. The number of aromatic nitrogens is 6. The van der Waals surface area contributed by atoms with Gasteiger partial charge in [-0.05, 0) is 36.8 Å². The van der Waals surface area contributed by atoms with E-state index in [0.717, 1.165) is 62.3 Å². The van der Waals surface area contributed by atoms with Crippen LogP contribution in [-0.2, 0) is 6.18 Å². The van der Waals surface area contributed by atoms with Crippen molar-refractivity contribution in [2.24, 2.45) is 5.41 Å². The molecule has 0 bridgehead atoms. The van der Waals surface area contributed by atoms with Crippen molar-refractivity contribution in [3.63, 3.8) is 0 Å². The van der Waals surface area contributed by atoms with Gasteiger partial charge in [-0.1, -0.05) is 11.3 Å². The minimum atomic E-state index is -4.47. The molecule has 12 heteroatoms. The summed E-state index contributed by atoms with van der Waals surface area (Å²) in [6, 6.07) is 2.41. The summed E-state index contributed by atoms with van der Waals surface area (Å²) in [5.74, 6) is 1.33. The van der Waals surface area contributed by atoms with Crippen LogP contribution in [-0.4, -0.2) is 56.5 Å². The van der Waals surface area contributed by atoms with Gasteiger partial charge in [-0.25, -0.2) is 4.98 Å². The van der Waals surface area contributed by atoms with E-state index < -0.39 is 11.9 Å². The molecule has 2 fully saturated rings. The highest BCUT2D eigenvalue weighted by molar-refractivity contribution is 7.12. The first-order valence-corrected chi connectivity index (χ1v) is 10.8. The van der Waals surface area contributed by atoms with Gasteiger partial charge in [0.15, 0.2) is 16.5 Å². The fourth-order valence-corrected chi connectivity index (χ4v) is 4.80. The Morgan fingerprint density at radius 3 is 2.32 bits per heavy atom. The molecule has 31 heavy (non-hydrogen) atoms. The molecule has 0 aromatic carbocycles. The molecule has 0 saturated carbocycles. The zero-order valence-corrected chi connectivity index (χ0v) is 17.3. The van der Waals surface area contributed by atoms with Crippen molar-refractivity contribution in [1.82, 2.24) is 30.4 Å². The summed E-state index contributed by atoms with van der Waals surface area (Å²) in [6.07, 6.45) is 1.92. The zero-order valence-electron chi connectivity index (χ0n) is 16.5. The van der Waals surface area contributed by atoms with Gasteiger partial charge in [0, 0.05) is 26.2 Å². The lowest BCUT2D eigenvalue weighted by Gasteiger charge is -2.39. The van der Waals surface area contributed by atoms with E-state index in [-0.39, 0.29) is 5.41 Å². The monoisotopic (exact) mass is 448 g/mol. The summed E-state index contributed by atoms with van der Waals surface area (Å²) in [4.78, 5) is 13.3. The normalized spacial score (nSPS) is 18.7. The first-order chi connectivity index (χ1) is 14.9. The fourth-order valence-electron chi connectivity index (χ4n) is 4.29. The Morgan fingerprint density at radius 1 is 0.903 bits per heavy atom. The van der Waals surface area contributed by atoms with Crippen molar-refractivity contribution in [2.45, 2.75) is 25.4 Å². The van der Waals surface area contributed by atoms with E-state index in [1.165, 1.54) is 17.4 Å². The minimum Gasteiger partial charge on any atom is -0.355 e. The average molecular weight is 448 g/mol. The summed E-state index contributed by atoms with van der Waals surface area (Å²) in [5.41, 5.74) is 1.55. The minimum absolute atomic E-state index is 0.130. The molecular formula is C19H19F3N8S. The highest BCUT2D eigenvalue weighted by Gasteiger charge is 2.41. The molecule has 1 spiro atoms. The maximum absolute atomic E-state index is 12.7. The number of alkyl halides is 3. The van der Waals surface area contributed by atoms with Gasteiger partial charge in [0.25, 0.3) is 0 Å². The van der Waals surface area contributed by atoms with E-state index in [1.54, 1.807) is 17.9 Å². The fraction of sp³-hybridized carbons (Fsp3) is 0.474. The van der Waals surface area contributed by atoms with E-state index in [9.17, 15) is 13.2 Å². The molecule has 2 saturated heterocycles. The Morgan fingerprint density at radius 2 is 1.68 bits per heavy atom. The molecule has 8 nitrogen and oxygen atoms in total. The second-order valence-corrected chi connectivity index (χ2v) is 8.77. The topological polar surface area (TPSA) is 83.8 Å². The van der Waals surface area contributed by atoms with E-state index in [2.05, 4.69) is 30.3 Å². The molecule has 0 amide bonds. The zero-order chi connectivity index (χ0) is 21.5. The van der Waals surface area contributed by atoms with Crippen LogP contribution in [0.5, 0.6) is 0 Å². The smallest absolute Gasteiger partial charge is 0.355 e. The van der Waals surface area contributed by atoms with Crippen LogP contribution in [0.15, 0.2) is 30.0 Å². The van der Waals surface area contributed by atoms with Crippen molar-refractivity contribution in [3.05, 3.63) is 35.7 Å². The summed E-state index contributed by atoms with van der Waals surface area (Å²) in [6.45, 7) is 3.24. The van der Waals surface area contributed by atoms with Gasteiger partial charge in [0.05, 0.1) is 12.4 Å². The number of rotatable bonds is 3. The van der Waals surface area contributed by atoms with Crippen LogP contribution >= 0.6 is 11.3 Å². The summed E-state index contributed by atoms with van der Waals surface area (Å²) in [5, 5.41) is 15.8. The van der Waals surface area contributed by atoms with Gasteiger partial charge < -0.3 is 9.80 Å². The van der Waals surface area contributed by atoms with Crippen LogP contribution < -0.4 is 9.80 Å². The number of hydrogen-bond donors (Lipinski definition) is 0. The number of hydrogen-bond acceptors (Lipinski definition) is 9. The first-order valence-electron chi connectivity index (χ1n) is 9.91. The van der Waals surface area contributed by atoms with Gasteiger partial charge in [0.2, 0.25) is 0 Å². The Balaban J connectivity index is 1.23. The van der Waals surface area contributed by atoms with Crippen LogP contribution in [0, 0.1) is 5.41 Å². The van der Waals surface area contributed by atoms with Crippen LogP contribution in [0.2, 0.25) is 0 Å². The van der Waals surface area contributed by atoms with Gasteiger partial charge >= 0.3 is 6.18 Å². The highest BCUT2D eigenvalue weighted by Crippen LogP contribution is 2.42. The molecule has 5 heterocycles. The lowest BCUT2D eigenvalue weighted by Crippen LogP contribution is -2.42. The Labute approximate surface area is 180 Å². The standard InChI is InChI=1S/C19H19F3N8S/c20-19(21,22)14-1-2-15(27-26-14)30-8-5-18(11-30)3-6-29(7-4-18)16-10-23-9-13(25-16)17-28-24-12-31-17/h1-2,9-10,12H,3-8,11H2. The van der Waals surface area contributed by atoms with Crippen molar-refractivity contribution < 1.29 is 13.2 Å². The quantitative estimate of drug-likeness (QED) is 0.604. The molecular weight excluding hydrogens is 429 g/mol. The van der Waals surface area contributed by atoms with Crippen molar-refractivity contribution in [2.75, 3.05) is 36.0 Å². The number of halogens is 3. The number of anilines is 2. The largest absolute Gasteiger partial charge is 0.435 e. The van der Waals surface area contributed by atoms with Gasteiger partial charge in [0.1, 0.15) is 17.0 Å².